The van der Waals surface area contributed by atoms with Crippen LogP contribution in [0.3, 0.4) is 0 Å². The number of nitrogens with zero attached hydrogens (tertiary/aromatic N) is 1. The van der Waals surface area contributed by atoms with Crippen molar-refractivity contribution in [2.24, 2.45) is 0 Å². The van der Waals surface area contributed by atoms with Crippen molar-refractivity contribution >= 4 is 17.7 Å². The van der Waals surface area contributed by atoms with Crippen LogP contribution in [0, 0.1) is 0 Å². The molecule has 4 heteroatoms. The second-order valence-corrected chi connectivity index (χ2v) is 4.14. The molecule has 0 radical (unpaired) electrons. The molecule has 13 heavy (non-hydrogen) atoms. The van der Waals surface area contributed by atoms with Gasteiger partial charge in [-0.3, -0.25) is 9.69 Å². The molecular formula is C9H15NO2S. The van der Waals surface area contributed by atoms with Gasteiger partial charge in [-0.15, -0.1) is 0 Å². The summed E-state index contributed by atoms with van der Waals surface area (Å²) in [5, 5.41) is 8.93. The predicted molar refractivity (Wildman–Crippen MR) is 55.1 cm³/mol. The molecule has 1 fully saturated rings. The van der Waals surface area contributed by atoms with Crippen LogP contribution in [0.15, 0.2) is 12.2 Å². The topological polar surface area (TPSA) is 40.5 Å². The minimum absolute atomic E-state index is 0.296. The van der Waals surface area contributed by atoms with Crippen molar-refractivity contribution in [1.29, 1.82) is 0 Å². The van der Waals surface area contributed by atoms with Crippen LogP contribution in [0.1, 0.15) is 6.92 Å². The first-order valence-electron chi connectivity index (χ1n) is 4.41. The van der Waals surface area contributed by atoms with Crippen molar-refractivity contribution < 1.29 is 9.90 Å². The predicted octanol–water partition coefficient (Wildman–Crippen LogP) is 1.06. The number of hydrogen-bond donors (Lipinski definition) is 1. The van der Waals surface area contributed by atoms with E-state index in [1.807, 2.05) is 24.0 Å². The fourth-order valence-electron chi connectivity index (χ4n) is 1.32. The van der Waals surface area contributed by atoms with Crippen molar-refractivity contribution in [3.05, 3.63) is 12.2 Å². The summed E-state index contributed by atoms with van der Waals surface area (Å²) in [5.41, 5.74) is 0. The minimum Gasteiger partial charge on any atom is -0.480 e. The molecule has 0 saturated carbocycles. The maximum atomic E-state index is 10.8. The Bertz CT molecular complexity index is 206. The standard InChI is InChI=1S/C9H15NO2S/c1-2-3-4-10-5-6-13-7-8(10)9(11)12/h2-3,8H,4-7H2,1H3,(H,11,12)/b3-2+. The molecule has 1 aliphatic rings. The lowest BCUT2D eigenvalue weighted by Crippen LogP contribution is -2.47. The second kappa shape index (κ2) is 5.29. The Kier molecular flexibility index (Phi) is 4.32. The Morgan fingerprint density at radius 3 is 3.15 bits per heavy atom. The van der Waals surface area contributed by atoms with Crippen molar-refractivity contribution in [2.75, 3.05) is 24.6 Å². The van der Waals surface area contributed by atoms with E-state index in [9.17, 15) is 4.79 Å². The van der Waals surface area contributed by atoms with Crippen LogP contribution < -0.4 is 0 Å². The first kappa shape index (κ1) is 10.6. The quantitative estimate of drug-likeness (QED) is 0.693. The molecule has 0 aromatic heterocycles. The van der Waals surface area contributed by atoms with Gasteiger partial charge in [0.2, 0.25) is 0 Å². The zero-order valence-electron chi connectivity index (χ0n) is 7.77. The largest absolute Gasteiger partial charge is 0.480 e. The Morgan fingerprint density at radius 1 is 1.77 bits per heavy atom. The van der Waals surface area contributed by atoms with Crippen molar-refractivity contribution in [3.63, 3.8) is 0 Å². The highest BCUT2D eigenvalue weighted by Crippen LogP contribution is 2.16. The lowest BCUT2D eigenvalue weighted by atomic mass is 10.2. The van der Waals surface area contributed by atoms with E-state index >= 15 is 0 Å². The van der Waals surface area contributed by atoms with E-state index < -0.39 is 5.97 Å². The van der Waals surface area contributed by atoms with E-state index in [1.165, 1.54) is 0 Å². The van der Waals surface area contributed by atoms with Crippen LogP contribution >= 0.6 is 11.8 Å². The summed E-state index contributed by atoms with van der Waals surface area (Å²) in [4.78, 5) is 12.9. The normalized spacial score (nSPS) is 25.2. The first-order chi connectivity index (χ1) is 6.25. The van der Waals surface area contributed by atoms with Gasteiger partial charge in [0, 0.05) is 24.6 Å². The third-order valence-corrected chi connectivity index (χ3v) is 3.12. The lowest BCUT2D eigenvalue weighted by Gasteiger charge is -2.31. The van der Waals surface area contributed by atoms with E-state index in [1.54, 1.807) is 11.8 Å². The monoisotopic (exact) mass is 201 g/mol. The van der Waals surface area contributed by atoms with Gasteiger partial charge in [-0.1, -0.05) is 12.2 Å². The average molecular weight is 201 g/mol. The molecule has 1 unspecified atom stereocenters. The van der Waals surface area contributed by atoms with Crippen LogP contribution in [-0.2, 0) is 4.79 Å². The number of carboxylic acids is 1. The molecule has 0 aromatic carbocycles. The van der Waals surface area contributed by atoms with E-state index in [-0.39, 0.29) is 6.04 Å². The molecule has 0 spiro atoms. The van der Waals surface area contributed by atoms with Crippen LogP contribution in [0.25, 0.3) is 0 Å². The number of aliphatic carboxylic acids is 1. The molecule has 1 atom stereocenters. The molecule has 74 valence electrons. The number of carbonyl (C=O) groups is 1. The number of hydrogen-bond acceptors (Lipinski definition) is 3. The number of allylic oxidation sites excluding steroid dienone is 1. The number of rotatable bonds is 3. The van der Waals surface area contributed by atoms with Gasteiger partial charge in [-0.25, -0.2) is 0 Å². The van der Waals surface area contributed by atoms with E-state index in [2.05, 4.69) is 0 Å². The summed E-state index contributed by atoms with van der Waals surface area (Å²) in [7, 11) is 0. The SMILES string of the molecule is C/C=C/CN1CCSCC1C(=O)O. The third kappa shape index (κ3) is 3.04. The van der Waals surface area contributed by atoms with Gasteiger partial charge in [0.25, 0.3) is 0 Å². The summed E-state index contributed by atoms with van der Waals surface area (Å²) < 4.78 is 0. The van der Waals surface area contributed by atoms with Crippen LogP contribution in [-0.4, -0.2) is 46.6 Å². The van der Waals surface area contributed by atoms with E-state index in [4.69, 9.17) is 5.11 Å². The molecule has 3 nitrogen and oxygen atoms in total. The van der Waals surface area contributed by atoms with Crippen molar-refractivity contribution in [1.82, 2.24) is 4.90 Å². The molecule has 1 saturated heterocycles. The molecule has 0 bridgehead atoms. The van der Waals surface area contributed by atoms with Gasteiger partial charge < -0.3 is 5.11 Å². The maximum Gasteiger partial charge on any atom is 0.321 e. The molecular weight excluding hydrogens is 186 g/mol. The Balaban J connectivity index is 2.51. The van der Waals surface area contributed by atoms with Crippen LogP contribution in [0.4, 0.5) is 0 Å². The molecule has 1 aliphatic heterocycles. The van der Waals surface area contributed by atoms with Crippen molar-refractivity contribution in [3.8, 4) is 0 Å². The third-order valence-electron chi connectivity index (χ3n) is 2.10. The Morgan fingerprint density at radius 2 is 2.54 bits per heavy atom. The van der Waals surface area contributed by atoms with E-state index in [0.717, 1.165) is 18.8 Å². The molecule has 0 amide bonds. The highest BCUT2D eigenvalue weighted by Gasteiger charge is 2.27. The summed E-state index contributed by atoms with van der Waals surface area (Å²) in [6.45, 7) is 3.59. The van der Waals surface area contributed by atoms with Crippen LogP contribution in [0.2, 0.25) is 0 Å². The summed E-state index contributed by atoms with van der Waals surface area (Å²) in [6, 6.07) is -0.296. The second-order valence-electron chi connectivity index (χ2n) is 2.99. The molecule has 1 rings (SSSR count). The molecule has 0 aliphatic carbocycles. The minimum atomic E-state index is -0.697. The number of carboxylic acid groups (broad SMARTS) is 1. The zero-order chi connectivity index (χ0) is 9.68. The fraction of sp³-hybridized carbons (Fsp3) is 0.667. The highest BCUT2D eigenvalue weighted by molar-refractivity contribution is 7.99. The van der Waals surface area contributed by atoms with Gasteiger partial charge >= 0.3 is 5.97 Å². The summed E-state index contributed by atoms with van der Waals surface area (Å²) in [6.07, 6.45) is 3.96. The van der Waals surface area contributed by atoms with Gasteiger partial charge in [-0.05, 0) is 6.92 Å². The van der Waals surface area contributed by atoms with Gasteiger partial charge in [-0.2, -0.15) is 11.8 Å². The average Bonchev–Trinajstić information content (AvgIpc) is 2.15. The van der Waals surface area contributed by atoms with Crippen LogP contribution in [0.5, 0.6) is 0 Å². The Hall–Kier alpha value is -0.480. The zero-order valence-corrected chi connectivity index (χ0v) is 8.59. The van der Waals surface area contributed by atoms with Gasteiger partial charge in [0.05, 0.1) is 0 Å². The molecule has 1 heterocycles. The number of thioether (sulfide) groups is 1. The fourth-order valence-corrected chi connectivity index (χ4v) is 2.43. The van der Waals surface area contributed by atoms with Gasteiger partial charge in [0.15, 0.2) is 0 Å². The molecule has 0 aromatic rings. The maximum absolute atomic E-state index is 10.8. The highest BCUT2D eigenvalue weighted by atomic mass is 32.2. The molecule has 1 N–H and O–H groups in total. The smallest absolute Gasteiger partial charge is 0.321 e. The van der Waals surface area contributed by atoms with Gasteiger partial charge in [0.1, 0.15) is 6.04 Å². The summed E-state index contributed by atoms with van der Waals surface area (Å²) in [5.74, 6) is 1.06. The Labute approximate surface area is 82.8 Å². The van der Waals surface area contributed by atoms with E-state index in [0.29, 0.717) is 5.75 Å². The van der Waals surface area contributed by atoms with Crippen molar-refractivity contribution in [2.45, 2.75) is 13.0 Å². The summed E-state index contributed by atoms with van der Waals surface area (Å²) >= 11 is 1.72. The lowest BCUT2D eigenvalue weighted by molar-refractivity contribution is -0.142. The first-order valence-corrected chi connectivity index (χ1v) is 5.57.